The number of carbonyl (C=O) groups excluding carboxylic acids is 1. The van der Waals surface area contributed by atoms with Crippen molar-refractivity contribution >= 4 is 17.6 Å². The zero-order chi connectivity index (χ0) is 26.4. The maximum absolute atomic E-state index is 13.3. The largest absolute Gasteiger partial charge is 0.493 e. The second-order valence-corrected chi connectivity index (χ2v) is 8.77. The fourth-order valence-corrected chi connectivity index (χ4v) is 4.68. The van der Waals surface area contributed by atoms with Gasteiger partial charge in [-0.25, -0.2) is 4.79 Å². The minimum Gasteiger partial charge on any atom is -0.493 e. The highest BCUT2D eigenvalue weighted by Crippen LogP contribution is 2.50. The van der Waals surface area contributed by atoms with Gasteiger partial charge >= 0.3 is 5.97 Å². The van der Waals surface area contributed by atoms with Gasteiger partial charge in [-0.05, 0) is 54.2 Å². The minimum absolute atomic E-state index is 0.175. The van der Waals surface area contributed by atoms with E-state index in [1.54, 1.807) is 19.2 Å². The number of anilines is 1. The molecule has 0 aliphatic heterocycles. The molecule has 2 atom stereocenters. The maximum Gasteiger partial charge on any atom is 0.326 e. The van der Waals surface area contributed by atoms with E-state index >= 15 is 0 Å². The molecular weight excluding hydrogens is 464 g/mol. The average Bonchev–Trinajstić information content (AvgIpc) is 3.09. The van der Waals surface area contributed by atoms with E-state index in [1.165, 1.54) is 27.2 Å². The Morgan fingerprint density at radius 1 is 1.11 bits per heavy atom. The van der Waals surface area contributed by atoms with Crippen LogP contribution in [-0.4, -0.2) is 44.4 Å². The van der Waals surface area contributed by atoms with Crippen molar-refractivity contribution < 1.29 is 28.9 Å². The number of amides is 1. The summed E-state index contributed by atoms with van der Waals surface area (Å²) < 4.78 is 16.9. The molecule has 0 radical (unpaired) electrons. The summed E-state index contributed by atoms with van der Waals surface area (Å²) in [5, 5.41) is 15.5. The lowest BCUT2D eigenvalue weighted by molar-refractivity contribution is -0.138. The molecule has 3 N–H and O–H groups in total. The molecule has 0 saturated heterocycles. The first-order chi connectivity index (χ1) is 17.2. The third kappa shape index (κ3) is 5.56. The van der Waals surface area contributed by atoms with Crippen molar-refractivity contribution in [2.75, 3.05) is 26.6 Å². The molecule has 0 aromatic heterocycles. The van der Waals surface area contributed by atoms with E-state index in [4.69, 9.17) is 14.2 Å². The zero-order valence-electron chi connectivity index (χ0n) is 21.4. The number of methoxy groups -OCH3 is 3. The van der Waals surface area contributed by atoms with E-state index in [-0.39, 0.29) is 17.0 Å². The Kier molecular flexibility index (Phi) is 8.79. The molecule has 3 rings (SSSR count). The van der Waals surface area contributed by atoms with E-state index in [0.717, 1.165) is 17.5 Å². The van der Waals surface area contributed by atoms with Gasteiger partial charge in [0, 0.05) is 12.5 Å². The quantitative estimate of drug-likeness (QED) is 0.450. The van der Waals surface area contributed by atoms with Crippen LogP contribution in [-0.2, 0) is 16.0 Å². The highest BCUT2D eigenvalue weighted by atomic mass is 16.5. The van der Waals surface area contributed by atoms with Gasteiger partial charge in [-0.15, -0.1) is 0 Å². The van der Waals surface area contributed by atoms with Crippen LogP contribution in [0.5, 0.6) is 17.2 Å². The number of aliphatic carboxylic acids is 1. The van der Waals surface area contributed by atoms with E-state index in [1.807, 2.05) is 13.0 Å². The maximum atomic E-state index is 13.3. The molecule has 0 saturated carbocycles. The van der Waals surface area contributed by atoms with E-state index < -0.39 is 18.1 Å². The van der Waals surface area contributed by atoms with Crippen molar-refractivity contribution in [2.24, 2.45) is 0 Å². The monoisotopic (exact) mass is 498 g/mol. The SMILES string of the molecule is CCCC[C@@H](Nc1ccc2c(cc1=O)[C@@H](NC(C)=O)CCc1cc(OC)c(OC)c(OC)c1-2)C(=O)O. The van der Waals surface area contributed by atoms with Crippen molar-refractivity contribution in [3.05, 3.63) is 45.6 Å². The average molecular weight is 499 g/mol. The number of hydrogen-bond acceptors (Lipinski definition) is 7. The number of ether oxygens (including phenoxy) is 3. The number of unbranched alkanes of at least 4 members (excludes halogenated alkanes) is 1. The summed E-state index contributed by atoms with van der Waals surface area (Å²) in [6, 6.07) is 5.39. The number of fused-ring (bicyclic) bond motifs is 3. The van der Waals surface area contributed by atoms with Crippen molar-refractivity contribution in [3.8, 4) is 28.4 Å². The Balaban J connectivity index is 2.28. The number of hydrogen-bond donors (Lipinski definition) is 3. The standard InChI is InChI=1S/C27H34N2O7/c1-6-7-8-21(27(32)33)29-20-12-10-17-18(14-22(20)31)19(28-15(2)30)11-9-16-13-23(34-3)25(35-4)26(36-5)24(16)17/h10,12-14,19,21H,6-9,11H2,1-5H3,(H,28,30)(H,29,31)(H,32,33)/t19-,21+/m0/s1. The Labute approximate surface area is 210 Å². The summed E-state index contributed by atoms with van der Waals surface area (Å²) in [5.41, 5.74) is 2.77. The number of benzene rings is 1. The van der Waals surface area contributed by atoms with Gasteiger partial charge in [-0.1, -0.05) is 25.8 Å². The van der Waals surface area contributed by atoms with Gasteiger partial charge in [-0.2, -0.15) is 0 Å². The molecule has 9 heteroatoms. The van der Waals surface area contributed by atoms with Crippen molar-refractivity contribution in [3.63, 3.8) is 0 Å². The molecule has 0 unspecified atom stereocenters. The van der Waals surface area contributed by atoms with Gasteiger partial charge in [0.2, 0.25) is 17.1 Å². The van der Waals surface area contributed by atoms with Crippen LogP contribution in [0.2, 0.25) is 0 Å². The van der Waals surface area contributed by atoms with Crippen LogP contribution in [0.3, 0.4) is 0 Å². The van der Waals surface area contributed by atoms with Crippen LogP contribution >= 0.6 is 0 Å². The van der Waals surface area contributed by atoms with Gasteiger partial charge < -0.3 is 30.0 Å². The molecule has 0 spiro atoms. The summed E-state index contributed by atoms with van der Waals surface area (Å²) in [7, 11) is 4.61. The number of rotatable bonds is 10. The number of carboxylic acids is 1. The molecule has 2 aromatic carbocycles. The molecule has 9 nitrogen and oxygen atoms in total. The molecule has 1 amide bonds. The number of carboxylic acid groups (broad SMARTS) is 1. The fraction of sp³-hybridized carbons (Fsp3) is 0.444. The van der Waals surface area contributed by atoms with Crippen LogP contribution in [0, 0.1) is 0 Å². The lowest BCUT2D eigenvalue weighted by Crippen LogP contribution is -2.31. The van der Waals surface area contributed by atoms with Gasteiger partial charge in [0.1, 0.15) is 6.04 Å². The predicted molar refractivity (Wildman–Crippen MR) is 137 cm³/mol. The lowest BCUT2D eigenvalue weighted by atomic mass is 9.95. The summed E-state index contributed by atoms with van der Waals surface area (Å²) in [5.74, 6) is 0.147. The molecule has 1 aliphatic carbocycles. The molecule has 194 valence electrons. The second kappa shape index (κ2) is 11.8. The third-order valence-corrected chi connectivity index (χ3v) is 6.39. The van der Waals surface area contributed by atoms with Gasteiger partial charge in [0.05, 0.1) is 33.1 Å². The fourth-order valence-electron chi connectivity index (χ4n) is 4.68. The smallest absolute Gasteiger partial charge is 0.326 e. The van der Waals surface area contributed by atoms with E-state index in [9.17, 15) is 19.5 Å². The van der Waals surface area contributed by atoms with Crippen molar-refractivity contribution in [1.82, 2.24) is 5.32 Å². The molecule has 0 bridgehead atoms. The first kappa shape index (κ1) is 26.8. The van der Waals surface area contributed by atoms with E-state index in [0.29, 0.717) is 54.1 Å². The summed E-state index contributed by atoms with van der Waals surface area (Å²) in [6.45, 7) is 3.41. The lowest BCUT2D eigenvalue weighted by Gasteiger charge is -2.19. The molecule has 0 heterocycles. The summed E-state index contributed by atoms with van der Waals surface area (Å²) >= 11 is 0. The topological polar surface area (TPSA) is 123 Å². The molecule has 0 fully saturated rings. The summed E-state index contributed by atoms with van der Waals surface area (Å²) in [6.07, 6.45) is 3.08. The Hall–Kier alpha value is -3.75. The minimum atomic E-state index is -1.02. The Morgan fingerprint density at radius 3 is 2.42 bits per heavy atom. The molecular formula is C27H34N2O7. The van der Waals surface area contributed by atoms with Crippen LogP contribution in [0.25, 0.3) is 11.1 Å². The zero-order valence-corrected chi connectivity index (χ0v) is 21.4. The van der Waals surface area contributed by atoms with Crippen LogP contribution in [0.1, 0.15) is 56.7 Å². The van der Waals surface area contributed by atoms with Gasteiger partial charge in [-0.3, -0.25) is 9.59 Å². The van der Waals surface area contributed by atoms with E-state index in [2.05, 4.69) is 10.6 Å². The first-order valence-corrected chi connectivity index (χ1v) is 12.0. The number of nitrogens with one attached hydrogen (secondary N) is 2. The van der Waals surface area contributed by atoms with Crippen molar-refractivity contribution in [1.29, 1.82) is 0 Å². The van der Waals surface area contributed by atoms with Crippen LogP contribution in [0.4, 0.5) is 5.69 Å². The Bertz CT molecular complexity index is 1200. The molecule has 2 aromatic rings. The normalized spacial score (nSPS) is 15.0. The molecule has 1 aliphatic rings. The van der Waals surface area contributed by atoms with Crippen molar-refractivity contribution in [2.45, 2.75) is 58.0 Å². The third-order valence-electron chi connectivity index (χ3n) is 6.39. The number of aryl methyl sites for hydroxylation is 1. The highest BCUT2D eigenvalue weighted by molar-refractivity contribution is 5.84. The highest BCUT2D eigenvalue weighted by Gasteiger charge is 2.29. The van der Waals surface area contributed by atoms with Crippen LogP contribution in [0.15, 0.2) is 29.1 Å². The van der Waals surface area contributed by atoms with Crippen LogP contribution < -0.4 is 30.3 Å². The molecule has 36 heavy (non-hydrogen) atoms. The first-order valence-electron chi connectivity index (χ1n) is 12.0. The Morgan fingerprint density at radius 2 is 1.83 bits per heavy atom. The summed E-state index contributed by atoms with van der Waals surface area (Å²) in [4.78, 5) is 37.2. The number of carbonyl (C=O) groups is 2. The predicted octanol–water partition coefficient (Wildman–Crippen LogP) is 3.92. The second-order valence-electron chi connectivity index (χ2n) is 8.77. The van der Waals surface area contributed by atoms with Gasteiger partial charge in [0.25, 0.3) is 0 Å². The van der Waals surface area contributed by atoms with Gasteiger partial charge in [0.15, 0.2) is 11.5 Å².